The second-order valence-electron chi connectivity index (χ2n) is 4.51. The average molecular weight is 308 g/mol. The molecule has 0 radical (unpaired) electrons. The molecule has 0 saturated heterocycles. The Morgan fingerprint density at radius 2 is 2.11 bits per heavy atom. The van der Waals surface area contributed by atoms with Crippen LogP contribution in [0.2, 0.25) is 0 Å². The maximum absolute atomic E-state index is 12.0. The Kier molecular flexibility index (Phi) is 4.59. The molecular weight excluding hydrogens is 290 g/mol. The molecule has 1 heterocycles. The minimum absolute atomic E-state index is 0.0378. The fraction of sp³-hybridized carbons (Fsp3) is 0.400. The van der Waals surface area contributed by atoms with Crippen LogP contribution < -0.4 is 0 Å². The molecule has 1 aliphatic rings. The van der Waals surface area contributed by atoms with Gasteiger partial charge in [0.1, 0.15) is 0 Å². The molecule has 1 amide bonds. The summed E-state index contributed by atoms with van der Waals surface area (Å²) in [4.78, 5) is 13.9. The smallest absolute Gasteiger partial charge is 0.236 e. The third-order valence-electron chi connectivity index (χ3n) is 3.29. The van der Waals surface area contributed by atoms with Crippen molar-refractivity contribution >= 4 is 27.4 Å². The molecule has 0 aromatic heterocycles. The Morgan fingerprint density at radius 3 is 2.67 bits per heavy atom. The van der Waals surface area contributed by atoms with Crippen LogP contribution in [0.25, 0.3) is 5.57 Å². The van der Waals surface area contributed by atoms with Crippen molar-refractivity contribution in [3.8, 4) is 0 Å². The highest BCUT2D eigenvalue weighted by molar-refractivity contribution is 9.10. The number of rotatable bonds is 3. The molecule has 2 rings (SSSR count). The van der Waals surface area contributed by atoms with Gasteiger partial charge in [0, 0.05) is 13.1 Å². The molecule has 1 unspecified atom stereocenters. The lowest BCUT2D eigenvalue weighted by atomic mass is 9.99. The Labute approximate surface area is 117 Å². The van der Waals surface area contributed by atoms with Gasteiger partial charge in [-0.1, -0.05) is 59.3 Å². The van der Waals surface area contributed by atoms with E-state index in [0.717, 1.165) is 25.9 Å². The van der Waals surface area contributed by atoms with Gasteiger partial charge in [-0.3, -0.25) is 4.79 Å². The van der Waals surface area contributed by atoms with Gasteiger partial charge in [-0.2, -0.15) is 0 Å². The van der Waals surface area contributed by atoms with Gasteiger partial charge in [0.15, 0.2) is 0 Å². The summed E-state index contributed by atoms with van der Waals surface area (Å²) in [5, 5.41) is 0. The standard InChI is InChI=1S/C15H18BrNO/c1-2-14(16)15(18)17-10-8-13(9-11-17)12-6-4-3-5-7-12/h3-8,14H,2,9-11H2,1H3. The van der Waals surface area contributed by atoms with Gasteiger partial charge in [-0.05, 0) is 24.0 Å². The minimum atomic E-state index is -0.0378. The highest BCUT2D eigenvalue weighted by Gasteiger charge is 2.22. The number of halogens is 1. The van der Waals surface area contributed by atoms with Crippen LogP contribution in [0.1, 0.15) is 25.3 Å². The molecule has 0 bridgehead atoms. The van der Waals surface area contributed by atoms with Crippen molar-refractivity contribution in [3.63, 3.8) is 0 Å². The van der Waals surface area contributed by atoms with Crippen molar-refractivity contribution in [2.75, 3.05) is 13.1 Å². The minimum Gasteiger partial charge on any atom is -0.338 e. The lowest BCUT2D eigenvalue weighted by Gasteiger charge is -2.28. The van der Waals surface area contributed by atoms with Crippen molar-refractivity contribution in [1.82, 2.24) is 4.90 Å². The van der Waals surface area contributed by atoms with E-state index in [0.29, 0.717) is 0 Å². The van der Waals surface area contributed by atoms with E-state index in [-0.39, 0.29) is 10.7 Å². The number of carbonyl (C=O) groups excluding carboxylic acids is 1. The largest absolute Gasteiger partial charge is 0.338 e. The number of hydrogen-bond acceptors (Lipinski definition) is 1. The molecular formula is C15H18BrNO. The molecule has 3 heteroatoms. The quantitative estimate of drug-likeness (QED) is 0.783. The maximum atomic E-state index is 12.0. The number of alkyl halides is 1. The molecule has 1 aliphatic heterocycles. The molecule has 96 valence electrons. The van der Waals surface area contributed by atoms with Gasteiger partial charge >= 0.3 is 0 Å². The van der Waals surface area contributed by atoms with Gasteiger partial charge < -0.3 is 4.90 Å². The van der Waals surface area contributed by atoms with E-state index in [4.69, 9.17) is 0 Å². The predicted octanol–water partition coefficient (Wildman–Crippen LogP) is 3.48. The summed E-state index contributed by atoms with van der Waals surface area (Å²) in [6, 6.07) is 10.4. The predicted molar refractivity (Wildman–Crippen MR) is 78.6 cm³/mol. The maximum Gasteiger partial charge on any atom is 0.236 e. The van der Waals surface area contributed by atoms with Crippen LogP contribution in [-0.2, 0) is 4.79 Å². The lowest BCUT2D eigenvalue weighted by Crippen LogP contribution is -2.39. The topological polar surface area (TPSA) is 20.3 Å². The number of amides is 1. The van der Waals surface area contributed by atoms with Crippen LogP contribution in [0.4, 0.5) is 0 Å². The summed E-state index contributed by atoms with van der Waals surface area (Å²) in [7, 11) is 0. The molecule has 18 heavy (non-hydrogen) atoms. The van der Waals surface area contributed by atoms with Gasteiger partial charge in [-0.15, -0.1) is 0 Å². The highest BCUT2D eigenvalue weighted by Crippen LogP contribution is 2.23. The molecule has 0 fully saturated rings. The first-order valence-corrected chi connectivity index (χ1v) is 7.31. The summed E-state index contributed by atoms with van der Waals surface area (Å²) < 4.78 is 0. The van der Waals surface area contributed by atoms with Gasteiger partial charge in [0.25, 0.3) is 0 Å². The lowest BCUT2D eigenvalue weighted by molar-refractivity contribution is -0.130. The summed E-state index contributed by atoms with van der Waals surface area (Å²) in [5.41, 5.74) is 2.62. The summed E-state index contributed by atoms with van der Waals surface area (Å²) in [5.74, 6) is 0.209. The second kappa shape index (κ2) is 6.19. The van der Waals surface area contributed by atoms with Gasteiger partial charge in [0.2, 0.25) is 5.91 Å². The van der Waals surface area contributed by atoms with E-state index in [1.165, 1.54) is 11.1 Å². The first kappa shape index (κ1) is 13.3. The first-order chi connectivity index (χ1) is 8.72. The summed E-state index contributed by atoms with van der Waals surface area (Å²) in [6.45, 7) is 3.57. The first-order valence-electron chi connectivity index (χ1n) is 6.39. The zero-order valence-electron chi connectivity index (χ0n) is 10.6. The van der Waals surface area contributed by atoms with Crippen molar-refractivity contribution in [3.05, 3.63) is 42.0 Å². The van der Waals surface area contributed by atoms with E-state index >= 15 is 0 Å². The number of benzene rings is 1. The Balaban J connectivity index is 2.02. The summed E-state index contributed by atoms with van der Waals surface area (Å²) in [6.07, 6.45) is 3.95. The zero-order valence-corrected chi connectivity index (χ0v) is 12.2. The van der Waals surface area contributed by atoms with E-state index in [1.54, 1.807) is 0 Å². The van der Waals surface area contributed by atoms with Gasteiger partial charge in [0.05, 0.1) is 4.83 Å². The van der Waals surface area contributed by atoms with E-state index < -0.39 is 0 Å². The Hall–Kier alpha value is -1.09. The molecule has 0 spiro atoms. The van der Waals surface area contributed by atoms with Crippen molar-refractivity contribution in [2.45, 2.75) is 24.6 Å². The van der Waals surface area contributed by atoms with Crippen molar-refractivity contribution < 1.29 is 4.79 Å². The molecule has 2 nitrogen and oxygen atoms in total. The SMILES string of the molecule is CCC(Br)C(=O)N1CC=C(c2ccccc2)CC1. The Morgan fingerprint density at radius 1 is 1.39 bits per heavy atom. The monoisotopic (exact) mass is 307 g/mol. The number of hydrogen-bond donors (Lipinski definition) is 0. The van der Waals surface area contributed by atoms with Crippen molar-refractivity contribution in [1.29, 1.82) is 0 Å². The average Bonchev–Trinajstić information content (AvgIpc) is 2.47. The highest BCUT2D eigenvalue weighted by atomic mass is 79.9. The fourth-order valence-electron chi connectivity index (χ4n) is 2.16. The van der Waals surface area contributed by atoms with E-state index in [2.05, 4.69) is 46.3 Å². The van der Waals surface area contributed by atoms with Crippen LogP contribution in [0.3, 0.4) is 0 Å². The molecule has 0 N–H and O–H groups in total. The number of nitrogens with zero attached hydrogens (tertiary/aromatic N) is 1. The Bertz CT molecular complexity index is 441. The molecule has 0 saturated carbocycles. The molecule has 1 aromatic carbocycles. The third-order valence-corrected chi connectivity index (χ3v) is 4.33. The molecule has 0 aliphatic carbocycles. The third kappa shape index (κ3) is 3.02. The van der Waals surface area contributed by atoms with Crippen molar-refractivity contribution in [2.24, 2.45) is 0 Å². The fourth-order valence-corrected chi connectivity index (χ4v) is 2.45. The number of carbonyl (C=O) groups is 1. The van der Waals surface area contributed by atoms with Crippen LogP contribution in [-0.4, -0.2) is 28.7 Å². The van der Waals surface area contributed by atoms with Crippen LogP contribution >= 0.6 is 15.9 Å². The van der Waals surface area contributed by atoms with Crippen LogP contribution in [0.15, 0.2) is 36.4 Å². The van der Waals surface area contributed by atoms with Crippen LogP contribution in [0, 0.1) is 0 Å². The molecule has 1 aromatic rings. The van der Waals surface area contributed by atoms with E-state index in [1.807, 2.05) is 17.9 Å². The summed E-state index contributed by atoms with van der Waals surface area (Å²) >= 11 is 3.43. The van der Waals surface area contributed by atoms with E-state index in [9.17, 15) is 4.79 Å². The molecule has 1 atom stereocenters. The van der Waals surface area contributed by atoms with Gasteiger partial charge in [-0.25, -0.2) is 0 Å². The zero-order chi connectivity index (χ0) is 13.0. The second-order valence-corrected chi connectivity index (χ2v) is 5.61. The van der Waals surface area contributed by atoms with Crippen LogP contribution in [0.5, 0.6) is 0 Å². The normalized spacial score (nSPS) is 17.2.